The van der Waals surface area contributed by atoms with Crippen LogP contribution in [0.15, 0.2) is 29.4 Å². The predicted molar refractivity (Wildman–Crippen MR) is 92.5 cm³/mol. The van der Waals surface area contributed by atoms with Crippen molar-refractivity contribution in [3.8, 4) is 0 Å². The molecule has 130 valence electrons. The van der Waals surface area contributed by atoms with Crippen molar-refractivity contribution >= 4 is 17.8 Å². The lowest BCUT2D eigenvalue weighted by Gasteiger charge is -2.25. The van der Waals surface area contributed by atoms with E-state index in [-0.39, 0.29) is 11.8 Å². The third-order valence-electron chi connectivity index (χ3n) is 3.72. The molecule has 0 aliphatic carbocycles. The highest BCUT2D eigenvalue weighted by atomic mass is 16.2. The van der Waals surface area contributed by atoms with Crippen LogP contribution in [-0.2, 0) is 16.0 Å². The lowest BCUT2D eigenvalue weighted by atomic mass is 10.1. The van der Waals surface area contributed by atoms with E-state index in [1.54, 1.807) is 6.20 Å². The molecule has 0 radical (unpaired) electrons. The zero-order valence-corrected chi connectivity index (χ0v) is 14.1. The summed E-state index contributed by atoms with van der Waals surface area (Å²) in [4.78, 5) is 33.6. The highest BCUT2D eigenvalue weighted by Crippen LogP contribution is 2.11. The number of carbonyl (C=O) groups excluding carboxylic acids is 2. The third kappa shape index (κ3) is 5.64. The molecular formula is C17H25N5O2. The van der Waals surface area contributed by atoms with Crippen molar-refractivity contribution in [3.05, 3.63) is 30.1 Å². The average Bonchev–Trinajstić information content (AvgIpc) is 2.58. The number of carbonyl (C=O) groups is 2. The molecule has 2 heterocycles. The van der Waals surface area contributed by atoms with Gasteiger partial charge in [0, 0.05) is 57.3 Å². The fourth-order valence-electron chi connectivity index (χ4n) is 2.51. The first-order valence-corrected chi connectivity index (χ1v) is 8.46. The van der Waals surface area contributed by atoms with Gasteiger partial charge in [-0.05, 0) is 25.5 Å². The van der Waals surface area contributed by atoms with Gasteiger partial charge in [-0.3, -0.25) is 24.5 Å². The number of rotatable bonds is 7. The molecule has 0 saturated carbocycles. The minimum absolute atomic E-state index is 0.0786. The Morgan fingerprint density at radius 3 is 2.71 bits per heavy atom. The first-order valence-electron chi connectivity index (χ1n) is 8.46. The Labute approximate surface area is 142 Å². The molecular weight excluding hydrogens is 306 g/mol. The van der Waals surface area contributed by atoms with Gasteiger partial charge in [-0.15, -0.1) is 0 Å². The first-order chi connectivity index (χ1) is 11.7. The second kappa shape index (κ2) is 9.64. The smallest absolute Gasteiger partial charge is 0.229 e. The van der Waals surface area contributed by atoms with Gasteiger partial charge in [0.05, 0.1) is 0 Å². The molecule has 7 nitrogen and oxygen atoms in total. The van der Waals surface area contributed by atoms with Crippen LogP contribution in [0, 0.1) is 0 Å². The van der Waals surface area contributed by atoms with Crippen molar-refractivity contribution in [1.29, 1.82) is 0 Å². The van der Waals surface area contributed by atoms with E-state index >= 15 is 0 Å². The fraction of sp³-hybridized carbons (Fsp3) is 0.529. The van der Waals surface area contributed by atoms with Crippen LogP contribution in [0.4, 0.5) is 0 Å². The number of likely N-dealkylation sites (tertiary alicyclic amines) is 1. The number of pyridine rings is 1. The van der Waals surface area contributed by atoms with E-state index < -0.39 is 0 Å². The van der Waals surface area contributed by atoms with Crippen LogP contribution in [0.2, 0.25) is 0 Å². The minimum atomic E-state index is -0.0786. The number of hydrogen-bond acceptors (Lipinski definition) is 4. The van der Waals surface area contributed by atoms with Gasteiger partial charge < -0.3 is 10.6 Å². The maximum absolute atomic E-state index is 11.8. The maximum atomic E-state index is 11.8. The molecule has 0 bridgehead atoms. The molecule has 7 heteroatoms. The molecule has 0 spiro atoms. The number of imide groups is 1. The molecule has 0 aromatic carbocycles. The van der Waals surface area contributed by atoms with E-state index in [0.29, 0.717) is 44.9 Å². The first kappa shape index (κ1) is 17.9. The molecule has 0 atom stereocenters. The Bertz CT molecular complexity index is 558. The molecule has 2 N–H and O–H groups in total. The summed E-state index contributed by atoms with van der Waals surface area (Å²) in [6, 6.07) is 5.83. The van der Waals surface area contributed by atoms with E-state index in [2.05, 4.69) is 20.6 Å². The number of amides is 2. The zero-order valence-electron chi connectivity index (χ0n) is 14.1. The Balaban J connectivity index is 1.78. The summed E-state index contributed by atoms with van der Waals surface area (Å²) in [6.45, 7) is 4.23. The average molecular weight is 331 g/mol. The van der Waals surface area contributed by atoms with Crippen LogP contribution < -0.4 is 10.6 Å². The minimum Gasteiger partial charge on any atom is -0.357 e. The molecule has 24 heavy (non-hydrogen) atoms. The van der Waals surface area contributed by atoms with E-state index in [9.17, 15) is 9.59 Å². The van der Waals surface area contributed by atoms with Crippen molar-refractivity contribution in [1.82, 2.24) is 20.5 Å². The Hall–Kier alpha value is -2.44. The predicted octanol–water partition coefficient (Wildman–Crippen LogP) is 0.718. The van der Waals surface area contributed by atoms with Gasteiger partial charge in [0.1, 0.15) is 0 Å². The summed E-state index contributed by atoms with van der Waals surface area (Å²) in [5.41, 5.74) is 1.00. The molecule has 1 saturated heterocycles. The topological polar surface area (TPSA) is 86.7 Å². The largest absolute Gasteiger partial charge is 0.357 e. The molecule has 1 aliphatic heterocycles. The quantitative estimate of drug-likeness (QED) is 0.437. The van der Waals surface area contributed by atoms with Gasteiger partial charge in [0.25, 0.3) is 0 Å². The summed E-state index contributed by atoms with van der Waals surface area (Å²) in [7, 11) is 0. The summed E-state index contributed by atoms with van der Waals surface area (Å²) in [5.74, 6) is 0.528. The number of hydrogen-bond donors (Lipinski definition) is 2. The van der Waals surface area contributed by atoms with Crippen molar-refractivity contribution in [2.75, 3.05) is 26.2 Å². The van der Waals surface area contributed by atoms with Crippen molar-refractivity contribution in [3.63, 3.8) is 0 Å². The maximum Gasteiger partial charge on any atom is 0.229 e. The number of nitrogens with one attached hydrogen (secondary N) is 2. The van der Waals surface area contributed by atoms with Crippen LogP contribution in [0.5, 0.6) is 0 Å². The van der Waals surface area contributed by atoms with E-state index in [0.717, 1.165) is 18.7 Å². The SMILES string of the molecule is CCNC(=NCCc1ccccn1)NCCN1C(=O)CCCC1=O. The zero-order chi connectivity index (χ0) is 17.2. The van der Waals surface area contributed by atoms with Crippen molar-refractivity contribution in [2.24, 2.45) is 4.99 Å². The Morgan fingerprint density at radius 1 is 1.25 bits per heavy atom. The monoisotopic (exact) mass is 331 g/mol. The van der Waals surface area contributed by atoms with Crippen LogP contribution in [0.25, 0.3) is 0 Å². The summed E-state index contributed by atoms with van der Waals surface area (Å²) >= 11 is 0. The van der Waals surface area contributed by atoms with Gasteiger partial charge >= 0.3 is 0 Å². The second-order valence-corrected chi connectivity index (χ2v) is 5.55. The number of guanidine groups is 1. The van der Waals surface area contributed by atoms with Crippen LogP contribution >= 0.6 is 0 Å². The normalized spacial score (nSPS) is 15.5. The number of aromatic nitrogens is 1. The highest BCUT2D eigenvalue weighted by molar-refractivity contribution is 5.97. The van der Waals surface area contributed by atoms with Crippen molar-refractivity contribution in [2.45, 2.75) is 32.6 Å². The molecule has 1 fully saturated rings. The lowest BCUT2D eigenvalue weighted by Crippen LogP contribution is -2.46. The third-order valence-corrected chi connectivity index (χ3v) is 3.72. The van der Waals surface area contributed by atoms with Gasteiger partial charge in [-0.1, -0.05) is 6.07 Å². The van der Waals surface area contributed by atoms with Gasteiger partial charge in [0.15, 0.2) is 5.96 Å². The Kier molecular flexibility index (Phi) is 7.20. The second-order valence-electron chi connectivity index (χ2n) is 5.55. The number of piperidine rings is 1. The van der Waals surface area contributed by atoms with E-state index in [1.807, 2.05) is 25.1 Å². The van der Waals surface area contributed by atoms with Gasteiger partial charge in [0.2, 0.25) is 11.8 Å². The molecule has 1 aliphatic rings. The fourth-order valence-corrected chi connectivity index (χ4v) is 2.51. The molecule has 0 unspecified atom stereocenters. The van der Waals surface area contributed by atoms with Crippen LogP contribution in [0.1, 0.15) is 31.9 Å². The van der Waals surface area contributed by atoms with Crippen molar-refractivity contribution < 1.29 is 9.59 Å². The highest BCUT2D eigenvalue weighted by Gasteiger charge is 2.25. The molecule has 2 rings (SSSR count). The molecule has 1 aromatic rings. The van der Waals surface area contributed by atoms with Crippen LogP contribution in [-0.4, -0.2) is 53.8 Å². The van der Waals surface area contributed by atoms with Gasteiger partial charge in [-0.25, -0.2) is 0 Å². The van der Waals surface area contributed by atoms with E-state index in [1.165, 1.54) is 4.90 Å². The molecule has 1 aromatic heterocycles. The summed E-state index contributed by atoms with van der Waals surface area (Å²) < 4.78 is 0. The standard InChI is InChI=1S/C17H25N5O2/c1-2-18-17(20-11-9-14-6-3-4-10-19-14)21-12-13-22-15(23)7-5-8-16(22)24/h3-4,6,10H,2,5,7-9,11-13H2,1H3,(H2,18,20,21). The number of nitrogens with zero attached hydrogens (tertiary/aromatic N) is 3. The Morgan fingerprint density at radius 2 is 2.04 bits per heavy atom. The lowest BCUT2D eigenvalue weighted by molar-refractivity contribution is -0.147. The summed E-state index contributed by atoms with van der Waals surface area (Å²) in [5, 5.41) is 6.33. The van der Waals surface area contributed by atoms with Gasteiger partial charge in [-0.2, -0.15) is 0 Å². The molecule has 2 amide bonds. The van der Waals surface area contributed by atoms with E-state index in [4.69, 9.17) is 0 Å². The number of aliphatic imine (C=N–C) groups is 1. The van der Waals surface area contributed by atoms with Crippen LogP contribution in [0.3, 0.4) is 0 Å². The summed E-state index contributed by atoms with van der Waals surface area (Å²) in [6.07, 6.45) is 4.13.